The summed E-state index contributed by atoms with van der Waals surface area (Å²) in [5.41, 5.74) is 9.95. The van der Waals surface area contributed by atoms with Crippen LogP contribution in [-0.2, 0) is 13.0 Å². The second-order valence-corrected chi connectivity index (χ2v) is 6.09. The van der Waals surface area contributed by atoms with Gasteiger partial charge in [-0.25, -0.2) is 0 Å². The number of halogens is 1. The molecule has 1 aliphatic rings. The van der Waals surface area contributed by atoms with Crippen LogP contribution in [-0.4, -0.2) is 0 Å². The van der Waals surface area contributed by atoms with Crippen LogP contribution in [0.5, 0.6) is 5.75 Å². The van der Waals surface area contributed by atoms with Crippen LogP contribution in [0.4, 0.5) is 0 Å². The molecule has 0 spiro atoms. The van der Waals surface area contributed by atoms with Gasteiger partial charge in [0.1, 0.15) is 12.4 Å². The van der Waals surface area contributed by atoms with Crippen LogP contribution < -0.4 is 10.5 Å². The smallest absolute Gasteiger partial charge is 0.120 e. The van der Waals surface area contributed by atoms with Gasteiger partial charge in [-0.15, -0.1) is 0 Å². The largest absolute Gasteiger partial charge is 0.489 e. The van der Waals surface area contributed by atoms with E-state index in [1.165, 1.54) is 17.5 Å². The van der Waals surface area contributed by atoms with Crippen LogP contribution >= 0.6 is 15.9 Å². The Balaban J connectivity index is 1.75. The summed E-state index contributed by atoms with van der Waals surface area (Å²) in [4.78, 5) is 0. The maximum absolute atomic E-state index is 6.18. The molecule has 0 aliphatic heterocycles. The first-order chi connectivity index (χ1) is 9.74. The quantitative estimate of drug-likeness (QED) is 0.906. The van der Waals surface area contributed by atoms with Gasteiger partial charge in [-0.1, -0.05) is 40.2 Å². The van der Waals surface area contributed by atoms with Gasteiger partial charge < -0.3 is 10.5 Å². The predicted molar refractivity (Wildman–Crippen MR) is 84.8 cm³/mol. The molecule has 0 radical (unpaired) electrons. The fourth-order valence-electron chi connectivity index (χ4n) is 2.68. The zero-order chi connectivity index (χ0) is 13.9. The molecule has 2 nitrogen and oxygen atoms in total. The van der Waals surface area contributed by atoms with Crippen molar-refractivity contribution in [3.63, 3.8) is 0 Å². The van der Waals surface area contributed by atoms with Crippen molar-refractivity contribution in [2.45, 2.75) is 31.9 Å². The van der Waals surface area contributed by atoms with Crippen molar-refractivity contribution in [2.24, 2.45) is 5.73 Å². The summed E-state index contributed by atoms with van der Waals surface area (Å²) >= 11 is 3.54. The van der Waals surface area contributed by atoms with E-state index in [9.17, 15) is 0 Å². The number of nitrogens with two attached hydrogens (primary N) is 1. The van der Waals surface area contributed by atoms with Crippen molar-refractivity contribution < 1.29 is 4.74 Å². The number of ether oxygens (including phenoxy) is 1. The second kappa shape index (κ2) is 5.98. The van der Waals surface area contributed by atoms with Crippen molar-refractivity contribution in [2.75, 3.05) is 0 Å². The van der Waals surface area contributed by atoms with E-state index >= 15 is 0 Å². The molecular formula is C17H18BrNO. The minimum Gasteiger partial charge on any atom is -0.489 e. The third kappa shape index (κ3) is 2.89. The highest BCUT2D eigenvalue weighted by Crippen LogP contribution is 2.31. The Hall–Kier alpha value is -1.32. The molecule has 0 saturated heterocycles. The highest BCUT2D eigenvalue weighted by molar-refractivity contribution is 9.10. The Bertz CT molecular complexity index is 612. The predicted octanol–water partition coefficient (Wildman–Crippen LogP) is 4.36. The van der Waals surface area contributed by atoms with E-state index in [4.69, 9.17) is 10.5 Å². The van der Waals surface area contributed by atoms with Crippen LogP contribution in [0.15, 0.2) is 46.9 Å². The molecular weight excluding hydrogens is 314 g/mol. The molecule has 3 heteroatoms. The summed E-state index contributed by atoms with van der Waals surface area (Å²) in [6, 6.07) is 14.6. The molecule has 0 bridgehead atoms. The van der Waals surface area contributed by atoms with E-state index in [0.717, 1.165) is 28.6 Å². The first kappa shape index (κ1) is 13.7. The number of fused-ring (bicyclic) bond motifs is 1. The van der Waals surface area contributed by atoms with Crippen LogP contribution in [0, 0.1) is 0 Å². The van der Waals surface area contributed by atoms with E-state index in [2.05, 4.69) is 34.1 Å². The molecule has 0 aromatic heterocycles. The molecule has 104 valence electrons. The standard InChI is InChI=1S/C17H18BrNO/c18-16-6-2-1-4-13(16)11-20-14-9-8-12-5-3-7-17(19)15(12)10-14/h1-2,4,6,8-10,17H,3,5,7,11,19H2/t17-/m1/s1. The molecule has 20 heavy (non-hydrogen) atoms. The van der Waals surface area contributed by atoms with Crippen LogP contribution in [0.3, 0.4) is 0 Å². The van der Waals surface area contributed by atoms with Crippen molar-refractivity contribution in [1.82, 2.24) is 0 Å². The highest BCUT2D eigenvalue weighted by Gasteiger charge is 2.17. The van der Waals surface area contributed by atoms with Crippen molar-refractivity contribution in [3.8, 4) is 5.75 Å². The molecule has 0 unspecified atom stereocenters. The van der Waals surface area contributed by atoms with E-state index in [-0.39, 0.29) is 6.04 Å². The van der Waals surface area contributed by atoms with Gasteiger partial charge in [0.05, 0.1) is 0 Å². The summed E-state index contributed by atoms with van der Waals surface area (Å²) in [6.07, 6.45) is 3.39. The zero-order valence-electron chi connectivity index (χ0n) is 11.3. The minimum atomic E-state index is 0.158. The average molecular weight is 332 g/mol. The molecule has 3 rings (SSSR count). The molecule has 0 heterocycles. The third-order valence-electron chi connectivity index (χ3n) is 3.83. The molecule has 2 aromatic carbocycles. The lowest BCUT2D eigenvalue weighted by atomic mass is 9.88. The Morgan fingerprint density at radius 2 is 2.05 bits per heavy atom. The Labute approximate surface area is 128 Å². The number of aryl methyl sites for hydroxylation is 1. The van der Waals surface area contributed by atoms with Gasteiger partial charge >= 0.3 is 0 Å². The third-order valence-corrected chi connectivity index (χ3v) is 4.60. The number of benzene rings is 2. The fourth-order valence-corrected chi connectivity index (χ4v) is 3.08. The van der Waals surface area contributed by atoms with Gasteiger partial charge in [0, 0.05) is 16.1 Å². The molecule has 2 aromatic rings. The topological polar surface area (TPSA) is 35.2 Å². The molecule has 2 N–H and O–H groups in total. The fraction of sp³-hybridized carbons (Fsp3) is 0.294. The normalized spacial score (nSPS) is 17.6. The number of rotatable bonds is 3. The van der Waals surface area contributed by atoms with E-state index in [0.29, 0.717) is 6.61 Å². The lowest BCUT2D eigenvalue weighted by molar-refractivity contribution is 0.304. The summed E-state index contributed by atoms with van der Waals surface area (Å²) in [6.45, 7) is 0.565. The molecule has 0 fully saturated rings. The maximum atomic E-state index is 6.18. The van der Waals surface area contributed by atoms with E-state index < -0.39 is 0 Å². The summed E-state index contributed by atoms with van der Waals surface area (Å²) in [7, 11) is 0. The Morgan fingerprint density at radius 1 is 1.20 bits per heavy atom. The second-order valence-electron chi connectivity index (χ2n) is 5.24. The summed E-state index contributed by atoms with van der Waals surface area (Å²) in [5, 5.41) is 0. The summed E-state index contributed by atoms with van der Waals surface area (Å²) in [5.74, 6) is 0.900. The Morgan fingerprint density at radius 3 is 2.90 bits per heavy atom. The molecule has 0 amide bonds. The highest BCUT2D eigenvalue weighted by atomic mass is 79.9. The van der Waals surface area contributed by atoms with Crippen LogP contribution in [0.25, 0.3) is 0 Å². The van der Waals surface area contributed by atoms with Gasteiger partial charge in [-0.3, -0.25) is 0 Å². The summed E-state index contributed by atoms with van der Waals surface area (Å²) < 4.78 is 6.98. The van der Waals surface area contributed by atoms with Crippen LogP contribution in [0.2, 0.25) is 0 Å². The van der Waals surface area contributed by atoms with Gasteiger partial charge in [0.25, 0.3) is 0 Å². The minimum absolute atomic E-state index is 0.158. The Kier molecular flexibility index (Phi) is 4.08. The van der Waals surface area contributed by atoms with Crippen molar-refractivity contribution in [1.29, 1.82) is 0 Å². The van der Waals surface area contributed by atoms with Crippen molar-refractivity contribution in [3.05, 3.63) is 63.6 Å². The number of hydrogen-bond acceptors (Lipinski definition) is 2. The van der Waals surface area contributed by atoms with Gasteiger partial charge in [0.2, 0.25) is 0 Å². The van der Waals surface area contributed by atoms with Crippen molar-refractivity contribution >= 4 is 15.9 Å². The van der Waals surface area contributed by atoms with E-state index in [1.807, 2.05) is 24.3 Å². The lowest BCUT2D eigenvalue weighted by Gasteiger charge is -2.22. The van der Waals surface area contributed by atoms with Gasteiger partial charge in [0.15, 0.2) is 0 Å². The molecule has 1 aliphatic carbocycles. The van der Waals surface area contributed by atoms with Gasteiger partial charge in [-0.05, 0) is 48.6 Å². The average Bonchev–Trinajstić information content (AvgIpc) is 2.47. The van der Waals surface area contributed by atoms with Gasteiger partial charge in [-0.2, -0.15) is 0 Å². The maximum Gasteiger partial charge on any atom is 0.120 e. The van der Waals surface area contributed by atoms with E-state index in [1.54, 1.807) is 0 Å². The SMILES string of the molecule is N[C@@H]1CCCc2ccc(OCc3ccccc3Br)cc21. The molecule has 1 atom stereocenters. The first-order valence-corrected chi connectivity index (χ1v) is 7.78. The zero-order valence-corrected chi connectivity index (χ0v) is 12.9. The number of hydrogen-bond donors (Lipinski definition) is 1. The lowest BCUT2D eigenvalue weighted by Crippen LogP contribution is -2.17. The monoisotopic (exact) mass is 331 g/mol. The first-order valence-electron chi connectivity index (χ1n) is 6.98. The van der Waals surface area contributed by atoms with Crippen LogP contribution in [0.1, 0.15) is 35.6 Å². The molecule has 0 saturated carbocycles.